The molecule has 0 radical (unpaired) electrons. The molecule has 2 rings (SSSR count). The third-order valence-corrected chi connectivity index (χ3v) is 6.90. The number of sulfonamides is 1. The Morgan fingerprint density at radius 2 is 1.80 bits per heavy atom. The lowest BCUT2D eigenvalue weighted by Gasteiger charge is -2.41. The van der Waals surface area contributed by atoms with E-state index in [0.717, 1.165) is 0 Å². The van der Waals surface area contributed by atoms with E-state index in [1.807, 2.05) is 20.9 Å². The predicted molar refractivity (Wildman–Crippen MR) is 84.6 cm³/mol. The van der Waals surface area contributed by atoms with Crippen molar-refractivity contribution in [1.29, 1.82) is 0 Å². The molecule has 0 spiro atoms. The Morgan fingerprint density at radius 1 is 1.25 bits per heavy atom. The first-order chi connectivity index (χ1) is 9.23. The summed E-state index contributed by atoms with van der Waals surface area (Å²) in [5.74, 6) is 0. The monoisotopic (exact) mass is 380 g/mol. The van der Waals surface area contributed by atoms with Crippen LogP contribution in [-0.2, 0) is 10.0 Å². The molecule has 7 heteroatoms. The van der Waals surface area contributed by atoms with Crippen LogP contribution < -0.4 is 0 Å². The van der Waals surface area contributed by atoms with Crippen molar-refractivity contribution in [2.75, 3.05) is 20.1 Å². The fourth-order valence-electron chi connectivity index (χ4n) is 2.34. The van der Waals surface area contributed by atoms with Crippen LogP contribution in [-0.4, -0.2) is 49.8 Å². The van der Waals surface area contributed by atoms with Gasteiger partial charge in [0.1, 0.15) is 0 Å². The summed E-state index contributed by atoms with van der Waals surface area (Å²) in [5, 5.41) is 0.504. The molecule has 1 aliphatic rings. The highest BCUT2D eigenvalue weighted by molar-refractivity contribution is 9.10. The number of hydrogen-bond acceptors (Lipinski definition) is 3. The summed E-state index contributed by atoms with van der Waals surface area (Å²) in [7, 11) is -1.45. The average molecular weight is 382 g/mol. The van der Waals surface area contributed by atoms with E-state index >= 15 is 0 Å². The molecule has 0 saturated carbocycles. The molecule has 4 nitrogen and oxygen atoms in total. The summed E-state index contributed by atoms with van der Waals surface area (Å²) in [6.07, 6.45) is 0. The zero-order valence-corrected chi connectivity index (χ0v) is 14.8. The van der Waals surface area contributed by atoms with Crippen molar-refractivity contribution in [2.24, 2.45) is 0 Å². The third kappa shape index (κ3) is 3.04. The second-order valence-electron chi connectivity index (χ2n) is 5.26. The molecule has 2 unspecified atom stereocenters. The predicted octanol–water partition coefficient (Wildman–Crippen LogP) is 2.82. The standard InChI is InChI=1S/C13H18BrClN2O2S/c1-9-7-17(8-10(2)16(9)3)20(18,19)11-4-5-13(15)12(14)6-11/h4-6,9-10H,7-8H2,1-3H3. The summed E-state index contributed by atoms with van der Waals surface area (Å²) >= 11 is 9.19. The highest BCUT2D eigenvalue weighted by Crippen LogP contribution is 2.28. The Bertz CT molecular complexity index is 596. The van der Waals surface area contributed by atoms with Crippen molar-refractivity contribution in [2.45, 2.75) is 30.8 Å². The van der Waals surface area contributed by atoms with Crippen LogP contribution in [0.3, 0.4) is 0 Å². The van der Waals surface area contributed by atoms with Crippen LogP contribution in [0, 0.1) is 0 Å². The molecule has 1 fully saturated rings. The molecule has 0 aromatic heterocycles. The first kappa shape index (κ1) is 16.2. The molecule has 1 aromatic carbocycles. The molecule has 0 amide bonds. The molecule has 0 bridgehead atoms. The molecular weight excluding hydrogens is 364 g/mol. The summed E-state index contributed by atoms with van der Waals surface area (Å²) in [6.45, 7) is 5.08. The Morgan fingerprint density at radius 3 is 2.30 bits per heavy atom. The largest absolute Gasteiger partial charge is 0.298 e. The average Bonchev–Trinajstić information content (AvgIpc) is 2.38. The topological polar surface area (TPSA) is 40.6 Å². The quantitative estimate of drug-likeness (QED) is 0.791. The van der Waals surface area contributed by atoms with Crippen molar-refractivity contribution in [3.63, 3.8) is 0 Å². The highest BCUT2D eigenvalue weighted by atomic mass is 79.9. The van der Waals surface area contributed by atoms with Gasteiger partial charge < -0.3 is 0 Å². The second-order valence-corrected chi connectivity index (χ2v) is 8.46. The maximum Gasteiger partial charge on any atom is 0.243 e. The lowest BCUT2D eigenvalue weighted by molar-refractivity contribution is 0.105. The lowest BCUT2D eigenvalue weighted by atomic mass is 10.1. The Kier molecular flexibility index (Phi) is 4.81. The van der Waals surface area contributed by atoms with Gasteiger partial charge in [-0.15, -0.1) is 0 Å². The normalized spacial score (nSPS) is 25.9. The van der Waals surface area contributed by atoms with Gasteiger partial charge in [-0.25, -0.2) is 8.42 Å². The highest BCUT2D eigenvalue weighted by Gasteiger charge is 2.34. The maximum absolute atomic E-state index is 12.7. The van der Waals surface area contributed by atoms with Crippen molar-refractivity contribution < 1.29 is 8.42 Å². The molecular formula is C13H18BrClN2O2S. The van der Waals surface area contributed by atoms with E-state index in [9.17, 15) is 8.42 Å². The summed E-state index contributed by atoms with van der Waals surface area (Å²) < 4.78 is 27.5. The zero-order valence-electron chi connectivity index (χ0n) is 11.7. The minimum atomic E-state index is -3.47. The second kappa shape index (κ2) is 5.93. The van der Waals surface area contributed by atoms with Crippen LogP contribution in [0.4, 0.5) is 0 Å². The Hall–Kier alpha value is -0.140. The minimum absolute atomic E-state index is 0.198. The van der Waals surface area contributed by atoms with Crippen LogP contribution in [0.5, 0.6) is 0 Å². The van der Waals surface area contributed by atoms with Crippen LogP contribution in [0.15, 0.2) is 27.6 Å². The lowest BCUT2D eigenvalue weighted by Crippen LogP contribution is -2.56. The van der Waals surface area contributed by atoms with Crippen LogP contribution in [0.25, 0.3) is 0 Å². The molecule has 1 saturated heterocycles. The molecule has 0 N–H and O–H groups in total. The molecule has 0 aliphatic carbocycles. The van der Waals surface area contributed by atoms with Gasteiger partial charge in [0, 0.05) is 29.6 Å². The van der Waals surface area contributed by atoms with E-state index in [1.165, 1.54) is 0 Å². The number of benzene rings is 1. The van der Waals surface area contributed by atoms with Gasteiger partial charge in [-0.2, -0.15) is 4.31 Å². The zero-order chi connectivity index (χ0) is 15.1. The van der Waals surface area contributed by atoms with Gasteiger partial charge in [0.05, 0.1) is 9.92 Å². The SMILES string of the molecule is CC1CN(S(=O)(=O)c2ccc(Cl)c(Br)c2)CC(C)N1C. The summed E-state index contributed by atoms with van der Waals surface area (Å²) in [6, 6.07) is 5.11. The third-order valence-electron chi connectivity index (χ3n) is 3.86. The van der Waals surface area contributed by atoms with Crippen LogP contribution in [0.2, 0.25) is 5.02 Å². The molecule has 1 heterocycles. The number of piperazine rings is 1. The van der Waals surface area contributed by atoms with Gasteiger partial charge in [0.2, 0.25) is 10.0 Å². The van der Waals surface area contributed by atoms with E-state index in [0.29, 0.717) is 22.6 Å². The number of likely N-dealkylation sites (N-methyl/N-ethyl adjacent to an activating group) is 1. The number of hydrogen-bond donors (Lipinski definition) is 0. The number of nitrogens with zero attached hydrogens (tertiary/aromatic N) is 2. The van der Waals surface area contributed by atoms with Crippen molar-refractivity contribution in [3.8, 4) is 0 Å². The molecule has 2 atom stereocenters. The van der Waals surface area contributed by atoms with Crippen molar-refractivity contribution in [3.05, 3.63) is 27.7 Å². The van der Waals surface area contributed by atoms with E-state index in [1.54, 1.807) is 22.5 Å². The first-order valence-corrected chi connectivity index (χ1v) is 9.01. The van der Waals surface area contributed by atoms with Crippen LogP contribution >= 0.6 is 27.5 Å². The van der Waals surface area contributed by atoms with E-state index in [2.05, 4.69) is 20.8 Å². The van der Waals surface area contributed by atoms with Gasteiger partial charge in [-0.3, -0.25) is 4.90 Å². The fraction of sp³-hybridized carbons (Fsp3) is 0.538. The van der Waals surface area contributed by atoms with E-state index < -0.39 is 10.0 Å². The van der Waals surface area contributed by atoms with E-state index in [-0.39, 0.29) is 17.0 Å². The smallest absolute Gasteiger partial charge is 0.243 e. The van der Waals surface area contributed by atoms with Gasteiger partial charge in [0.15, 0.2) is 0 Å². The first-order valence-electron chi connectivity index (χ1n) is 6.40. The minimum Gasteiger partial charge on any atom is -0.298 e. The Labute approximate surface area is 133 Å². The number of halogens is 2. The molecule has 1 aliphatic heterocycles. The van der Waals surface area contributed by atoms with E-state index in [4.69, 9.17) is 11.6 Å². The van der Waals surface area contributed by atoms with Gasteiger partial charge in [-0.05, 0) is 55.0 Å². The summed E-state index contributed by atoms with van der Waals surface area (Å²) in [4.78, 5) is 2.47. The van der Waals surface area contributed by atoms with Gasteiger partial charge in [-0.1, -0.05) is 11.6 Å². The van der Waals surface area contributed by atoms with Gasteiger partial charge >= 0.3 is 0 Å². The van der Waals surface area contributed by atoms with Crippen molar-refractivity contribution in [1.82, 2.24) is 9.21 Å². The molecule has 1 aromatic rings. The van der Waals surface area contributed by atoms with Gasteiger partial charge in [0.25, 0.3) is 0 Å². The Balaban J connectivity index is 2.33. The van der Waals surface area contributed by atoms with Crippen molar-refractivity contribution >= 4 is 37.6 Å². The molecule has 112 valence electrons. The molecule has 20 heavy (non-hydrogen) atoms. The van der Waals surface area contributed by atoms with Crippen LogP contribution in [0.1, 0.15) is 13.8 Å². The maximum atomic E-state index is 12.7. The number of rotatable bonds is 2. The summed E-state index contributed by atoms with van der Waals surface area (Å²) in [5.41, 5.74) is 0. The fourth-order valence-corrected chi connectivity index (χ4v) is 4.62.